The van der Waals surface area contributed by atoms with E-state index in [4.69, 9.17) is 4.74 Å². The maximum Gasteiger partial charge on any atom is 0.416 e. The van der Waals surface area contributed by atoms with Gasteiger partial charge in [-0.15, -0.1) is 0 Å². The van der Waals surface area contributed by atoms with Crippen LogP contribution in [0.15, 0.2) is 101 Å². The van der Waals surface area contributed by atoms with Crippen LogP contribution in [0.3, 0.4) is 0 Å². The standard InChI is InChI=1S/C30H24F3N3O3/c1-3-39-29(38)25-18(2)35-22-17-23(19-11-5-4-6-12-19)36(24-15-9-10-16-34-24)28(37)27(22)26(25)20-13-7-8-14-21(20)30(31,32)33/h4-17,26,35H,3H2,1-2H3. The Morgan fingerprint density at radius 1 is 1.03 bits per heavy atom. The first-order valence-corrected chi connectivity index (χ1v) is 12.3. The van der Waals surface area contributed by atoms with Gasteiger partial charge in [0, 0.05) is 11.9 Å². The number of rotatable bonds is 5. The van der Waals surface area contributed by atoms with Crippen molar-refractivity contribution in [3.63, 3.8) is 0 Å². The van der Waals surface area contributed by atoms with Gasteiger partial charge in [0.25, 0.3) is 5.56 Å². The van der Waals surface area contributed by atoms with Crippen LogP contribution < -0.4 is 10.9 Å². The molecule has 1 unspecified atom stereocenters. The summed E-state index contributed by atoms with van der Waals surface area (Å²) in [5.74, 6) is -1.85. The van der Waals surface area contributed by atoms with Crippen LogP contribution in [0, 0.1) is 0 Å². The largest absolute Gasteiger partial charge is 0.463 e. The fourth-order valence-electron chi connectivity index (χ4n) is 4.97. The van der Waals surface area contributed by atoms with Gasteiger partial charge in [0.2, 0.25) is 0 Å². The minimum Gasteiger partial charge on any atom is -0.463 e. The number of anilines is 1. The number of nitrogens with zero attached hydrogens (tertiary/aromatic N) is 2. The minimum atomic E-state index is -4.72. The zero-order valence-corrected chi connectivity index (χ0v) is 21.1. The lowest BCUT2D eigenvalue weighted by atomic mass is 9.79. The van der Waals surface area contributed by atoms with Gasteiger partial charge in [0.05, 0.1) is 40.6 Å². The summed E-state index contributed by atoms with van der Waals surface area (Å²) in [7, 11) is 0. The highest BCUT2D eigenvalue weighted by atomic mass is 19.4. The summed E-state index contributed by atoms with van der Waals surface area (Å²) in [6.07, 6.45) is -3.20. The molecule has 2 aromatic carbocycles. The van der Waals surface area contributed by atoms with Crippen LogP contribution in [-0.2, 0) is 15.7 Å². The van der Waals surface area contributed by atoms with Gasteiger partial charge < -0.3 is 10.1 Å². The van der Waals surface area contributed by atoms with Gasteiger partial charge in [-0.1, -0.05) is 54.6 Å². The number of aromatic nitrogens is 2. The van der Waals surface area contributed by atoms with Gasteiger partial charge in [-0.25, -0.2) is 9.78 Å². The Morgan fingerprint density at radius 3 is 2.38 bits per heavy atom. The molecule has 0 bridgehead atoms. The fourth-order valence-corrected chi connectivity index (χ4v) is 4.97. The third-order valence-corrected chi connectivity index (χ3v) is 6.57. The highest BCUT2D eigenvalue weighted by Gasteiger charge is 2.42. The molecule has 198 valence electrons. The molecule has 0 saturated heterocycles. The molecule has 0 amide bonds. The van der Waals surface area contributed by atoms with Crippen LogP contribution in [-0.4, -0.2) is 22.1 Å². The van der Waals surface area contributed by atoms with Crippen molar-refractivity contribution in [1.29, 1.82) is 0 Å². The summed E-state index contributed by atoms with van der Waals surface area (Å²) >= 11 is 0. The normalized spacial score (nSPS) is 14.9. The quantitative estimate of drug-likeness (QED) is 0.306. The van der Waals surface area contributed by atoms with Crippen molar-refractivity contribution in [2.75, 3.05) is 11.9 Å². The molecule has 1 aliphatic heterocycles. The lowest BCUT2D eigenvalue weighted by Gasteiger charge is -2.32. The number of ether oxygens (including phenoxy) is 1. The second kappa shape index (κ2) is 10.2. The lowest BCUT2D eigenvalue weighted by Crippen LogP contribution is -2.34. The van der Waals surface area contributed by atoms with Gasteiger partial charge in [-0.3, -0.25) is 9.36 Å². The van der Waals surface area contributed by atoms with Crippen molar-refractivity contribution in [3.05, 3.63) is 123 Å². The predicted molar refractivity (Wildman–Crippen MR) is 142 cm³/mol. The van der Waals surface area contributed by atoms with Crippen molar-refractivity contribution < 1.29 is 22.7 Å². The second-order valence-electron chi connectivity index (χ2n) is 8.95. The third kappa shape index (κ3) is 4.71. The van der Waals surface area contributed by atoms with Crippen molar-refractivity contribution >= 4 is 11.7 Å². The Morgan fingerprint density at radius 2 is 1.72 bits per heavy atom. The molecule has 0 radical (unpaired) electrons. The zero-order chi connectivity index (χ0) is 27.7. The number of esters is 1. The molecule has 4 aromatic rings. The van der Waals surface area contributed by atoms with E-state index in [-0.39, 0.29) is 29.1 Å². The molecule has 1 atom stereocenters. The first-order chi connectivity index (χ1) is 18.7. The molecule has 2 aromatic heterocycles. The number of carbonyl (C=O) groups excluding carboxylic acids is 1. The van der Waals surface area contributed by atoms with Crippen LogP contribution in [0.5, 0.6) is 0 Å². The first kappa shape index (κ1) is 26.0. The number of benzene rings is 2. The molecule has 5 rings (SSSR count). The number of carbonyl (C=O) groups is 1. The van der Waals surface area contributed by atoms with E-state index in [2.05, 4.69) is 10.3 Å². The Balaban J connectivity index is 1.89. The smallest absolute Gasteiger partial charge is 0.416 e. The molecule has 0 aliphatic carbocycles. The van der Waals surface area contributed by atoms with Gasteiger partial charge in [0.15, 0.2) is 0 Å². The molecule has 1 aliphatic rings. The molecular weight excluding hydrogens is 507 g/mol. The Bertz CT molecular complexity index is 1630. The molecule has 1 N–H and O–H groups in total. The maximum atomic E-state index is 14.4. The van der Waals surface area contributed by atoms with E-state index in [1.165, 1.54) is 29.0 Å². The van der Waals surface area contributed by atoms with Crippen LogP contribution in [0.2, 0.25) is 0 Å². The number of nitrogens with one attached hydrogen (secondary N) is 1. The molecule has 0 spiro atoms. The number of allylic oxidation sites excluding steroid dienone is 1. The fraction of sp³-hybridized carbons (Fsp3) is 0.167. The molecule has 9 heteroatoms. The van der Waals surface area contributed by atoms with Gasteiger partial charge in [-0.05, 0) is 49.2 Å². The summed E-state index contributed by atoms with van der Waals surface area (Å²) < 4.78 is 49.3. The number of pyridine rings is 2. The number of hydrogen-bond donors (Lipinski definition) is 1. The van der Waals surface area contributed by atoms with Crippen LogP contribution in [0.1, 0.15) is 36.5 Å². The van der Waals surface area contributed by atoms with E-state index < -0.39 is 29.2 Å². The zero-order valence-electron chi connectivity index (χ0n) is 21.1. The molecule has 0 saturated carbocycles. The van der Waals surface area contributed by atoms with E-state index in [0.29, 0.717) is 22.6 Å². The molecule has 0 fully saturated rings. The van der Waals surface area contributed by atoms with E-state index in [1.54, 1.807) is 38.1 Å². The molecule has 6 nitrogen and oxygen atoms in total. The van der Waals surface area contributed by atoms with E-state index >= 15 is 0 Å². The Hall–Kier alpha value is -4.66. The number of hydrogen-bond acceptors (Lipinski definition) is 5. The number of halogens is 3. The van der Waals surface area contributed by atoms with Crippen molar-refractivity contribution in [2.45, 2.75) is 25.9 Å². The van der Waals surface area contributed by atoms with E-state index in [1.807, 2.05) is 30.3 Å². The molecular formula is C30H24F3N3O3. The number of fused-ring (bicyclic) bond motifs is 1. The summed E-state index contributed by atoms with van der Waals surface area (Å²) in [5.41, 5.74) is -0.0236. The first-order valence-electron chi connectivity index (χ1n) is 12.3. The van der Waals surface area contributed by atoms with Gasteiger partial charge in [-0.2, -0.15) is 13.2 Å². The monoisotopic (exact) mass is 531 g/mol. The van der Waals surface area contributed by atoms with Crippen molar-refractivity contribution in [1.82, 2.24) is 9.55 Å². The summed E-state index contributed by atoms with van der Waals surface area (Å²) in [5, 5.41) is 3.10. The average molecular weight is 532 g/mol. The third-order valence-electron chi connectivity index (χ3n) is 6.57. The minimum absolute atomic E-state index is 0.00862. The van der Waals surface area contributed by atoms with E-state index in [9.17, 15) is 22.8 Å². The highest BCUT2D eigenvalue weighted by molar-refractivity contribution is 5.95. The van der Waals surface area contributed by atoms with Crippen molar-refractivity contribution in [2.24, 2.45) is 0 Å². The topological polar surface area (TPSA) is 73.2 Å². The van der Waals surface area contributed by atoms with Crippen LogP contribution in [0.25, 0.3) is 17.1 Å². The SMILES string of the molecule is CCOC(=O)C1=C(C)Nc2cc(-c3ccccc3)n(-c3ccccn3)c(=O)c2C1c1ccccc1C(F)(F)F. The van der Waals surface area contributed by atoms with Crippen LogP contribution in [0.4, 0.5) is 18.9 Å². The summed E-state index contributed by atoms with van der Waals surface area (Å²) in [4.78, 5) is 32.0. The predicted octanol–water partition coefficient (Wildman–Crippen LogP) is 6.31. The maximum absolute atomic E-state index is 14.4. The van der Waals surface area contributed by atoms with Gasteiger partial charge >= 0.3 is 12.1 Å². The average Bonchev–Trinajstić information content (AvgIpc) is 2.92. The number of alkyl halides is 3. The lowest BCUT2D eigenvalue weighted by molar-refractivity contribution is -0.140. The summed E-state index contributed by atoms with van der Waals surface area (Å²) in [6, 6.07) is 20.9. The Kier molecular flexibility index (Phi) is 6.82. The molecule has 3 heterocycles. The highest BCUT2D eigenvalue weighted by Crippen LogP contribution is 2.46. The molecule has 39 heavy (non-hydrogen) atoms. The van der Waals surface area contributed by atoms with Gasteiger partial charge in [0.1, 0.15) is 5.82 Å². The summed E-state index contributed by atoms with van der Waals surface area (Å²) in [6.45, 7) is 3.21. The second-order valence-corrected chi connectivity index (χ2v) is 8.95. The van der Waals surface area contributed by atoms with Crippen molar-refractivity contribution in [3.8, 4) is 17.1 Å². The van der Waals surface area contributed by atoms with Crippen LogP contribution >= 0.6 is 0 Å². The Labute approximate surface area is 222 Å². The van der Waals surface area contributed by atoms with E-state index in [0.717, 1.165) is 6.07 Å².